The van der Waals surface area contributed by atoms with Crippen molar-refractivity contribution in [2.24, 2.45) is 5.92 Å². The van der Waals surface area contributed by atoms with Crippen molar-refractivity contribution in [1.29, 1.82) is 0 Å². The molecule has 0 bridgehead atoms. The molecule has 107 valence electrons. The summed E-state index contributed by atoms with van der Waals surface area (Å²) in [5, 5.41) is 0.319. The molecule has 0 N–H and O–H groups in total. The molecule has 0 aromatic carbocycles. The molecule has 0 saturated heterocycles. The molecule has 1 rings (SSSR count). The van der Waals surface area contributed by atoms with Crippen molar-refractivity contribution >= 4 is 8.32 Å². The van der Waals surface area contributed by atoms with E-state index in [-0.39, 0.29) is 5.60 Å². The van der Waals surface area contributed by atoms with Crippen LogP contribution < -0.4 is 0 Å². The van der Waals surface area contributed by atoms with E-state index in [1.807, 2.05) is 0 Å². The number of rotatable bonds is 3. The SMILES string of the molecule is C[C](C)C1CCC(C)(O[Si](C)(C)C(C)(C)C)CC1. The maximum absolute atomic E-state index is 6.69. The molecule has 1 fully saturated rings. The van der Waals surface area contributed by atoms with E-state index in [0.717, 1.165) is 5.92 Å². The van der Waals surface area contributed by atoms with Gasteiger partial charge in [-0.15, -0.1) is 0 Å². The topological polar surface area (TPSA) is 9.23 Å². The molecule has 0 atom stereocenters. The highest BCUT2D eigenvalue weighted by molar-refractivity contribution is 6.74. The summed E-state index contributed by atoms with van der Waals surface area (Å²) in [6, 6.07) is 0. The Morgan fingerprint density at radius 3 is 1.89 bits per heavy atom. The molecule has 0 spiro atoms. The second kappa shape index (κ2) is 5.28. The summed E-state index contributed by atoms with van der Waals surface area (Å²) in [6.07, 6.45) is 5.09. The Hall–Kier alpha value is 0.177. The van der Waals surface area contributed by atoms with Gasteiger partial charge in [0.05, 0.1) is 5.60 Å². The normalized spacial score (nSPS) is 30.8. The van der Waals surface area contributed by atoms with E-state index in [0.29, 0.717) is 5.04 Å². The van der Waals surface area contributed by atoms with E-state index < -0.39 is 8.32 Å². The molecule has 0 aliphatic heterocycles. The summed E-state index contributed by atoms with van der Waals surface area (Å²) in [5.41, 5.74) is 0.134. The third-order valence-electron chi connectivity index (χ3n) is 5.17. The first kappa shape index (κ1) is 16.2. The number of hydrogen-bond donors (Lipinski definition) is 0. The molecule has 0 aromatic heterocycles. The fourth-order valence-corrected chi connectivity index (χ4v) is 4.42. The van der Waals surface area contributed by atoms with Crippen LogP contribution in [0.2, 0.25) is 18.1 Å². The standard InChI is InChI=1S/C16H33OSi/c1-13(2)14-9-11-16(6,12-10-14)17-18(7,8)15(3,4)5/h14H,9-12H2,1-8H3. The van der Waals surface area contributed by atoms with E-state index in [1.165, 1.54) is 25.7 Å². The van der Waals surface area contributed by atoms with Crippen LogP contribution in [0.15, 0.2) is 0 Å². The van der Waals surface area contributed by atoms with Crippen LogP contribution in [-0.4, -0.2) is 13.9 Å². The predicted molar refractivity (Wildman–Crippen MR) is 83.2 cm³/mol. The summed E-state index contributed by atoms with van der Waals surface area (Å²) < 4.78 is 6.69. The zero-order valence-electron chi connectivity index (χ0n) is 13.8. The fraction of sp³-hybridized carbons (Fsp3) is 0.938. The fourth-order valence-electron chi connectivity index (χ4n) is 2.68. The van der Waals surface area contributed by atoms with Gasteiger partial charge in [-0.3, -0.25) is 0 Å². The van der Waals surface area contributed by atoms with Crippen LogP contribution in [-0.2, 0) is 4.43 Å². The molecule has 0 amide bonds. The van der Waals surface area contributed by atoms with Gasteiger partial charge in [0, 0.05) is 0 Å². The largest absolute Gasteiger partial charge is 0.412 e. The lowest BCUT2D eigenvalue weighted by molar-refractivity contribution is 0.0218. The Balaban J connectivity index is 2.63. The molecule has 1 radical (unpaired) electrons. The summed E-state index contributed by atoms with van der Waals surface area (Å²) >= 11 is 0. The molecular weight excluding hydrogens is 236 g/mol. The lowest BCUT2D eigenvalue weighted by atomic mass is 9.75. The minimum Gasteiger partial charge on any atom is -0.412 e. The van der Waals surface area contributed by atoms with Gasteiger partial charge in [0.25, 0.3) is 0 Å². The van der Waals surface area contributed by atoms with Crippen molar-refractivity contribution in [2.75, 3.05) is 0 Å². The molecule has 1 aliphatic rings. The van der Waals surface area contributed by atoms with Crippen molar-refractivity contribution in [3.63, 3.8) is 0 Å². The Kier molecular flexibility index (Phi) is 4.76. The van der Waals surface area contributed by atoms with E-state index in [2.05, 4.69) is 54.6 Å². The molecule has 1 nitrogen and oxygen atoms in total. The maximum atomic E-state index is 6.69. The Morgan fingerprint density at radius 2 is 1.56 bits per heavy atom. The average Bonchev–Trinajstić information content (AvgIpc) is 2.14. The molecule has 1 aliphatic carbocycles. The predicted octanol–water partition coefficient (Wildman–Crippen LogP) is 5.57. The average molecular weight is 270 g/mol. The molecule has 18 heavy (non-hydrogen) atoms. The lowest BCUT2D eigenvalue weighted by Gasteiger charge is -2.47. The summed E-state index contributed by atoms with van der Waals surface area (Å²) in [5.74, 6) is 2.44. The van der Waals surface area contributed by atoms with Crippen molar-refractivity contribution in [3.05, 3.63) is 5.92 Å². The van der Waals surface area contributed by atoms with Gasteiger partial charge >= 0.3 is 0 Å². The molecule has 2 heteroatoms. The number of hydrogen-bond acceptors (Lipinski definition) is 1. The first-order chi connectivity index (χ1) is 7.97. The highest BCUT2D eigenvalue weighted by atomic mass is 28.4. The highest BCUT2D eigenvalue weighted by Gasteiger charge is 2.44. The molecule has 0 aromatic rings. The van der Waals surface area contributed by atoms with Gasteiger partial charge in [0.2, 0.25) is 0 Å². The first-order valence-corrected chi connectivity index (χ1v) is 10.4. The molecule has 0 unspecified atom stereocenters. The Morgan fingerprint density at radius 1 is 1.11 bits per heavy atom. The Bertz CT molecular complexity index is 267. The van der Waals surface area contributed by atoms with Crippen LogP contribution in [0.1, 0.15) is 67.2 Å². The summed E-state index contributed by atoms with van der Waals surface area (Å²) in [7, 11) is -1.62. The van der Waals surface area contributed by atoms with E-state index >= 15 is 0 Å². The van der Waals surface area contributed by atoms with Crippen molar-refractivity contribution in [2.45, 2.75) is 91.0 Å². The van der Waals surface area contributed by atoms with Crippen molar-refractivity contribution in [3.8, 4) is 0 Å². The highest BCUT2D eigenvalue weighted by Crippen LogP contribution is 2.44. The maximum Gasteiger partial charge on any atom is 0.192 e. The van der Waals surface area contributed by atoms with Crippen LogP contribution in [0.3, 0.4) is 0 Å². The second-order valence-corrected chi connectivity index (χ2v) is 12.9. The van der Waals surface area contributed by atoms with Crippen LogP contribution in [0.25, 0.3) is 0 Å². The zero-order valence-corrected chi connectivity index (χ0v) is 14.8. The smallest absolute Gasteiger partial charge is 0.192 e. The summed E-state index contributed by atoms with van der Waals surface area (Å²) in [6.45, 7) is 18.6. The van der Waals surface area contributed by atoms with E-state index in [1.54, 1.807) is 5.92 Å². The third kappa shape index (κ3) is 3.83. The van der Waals surface area contributed by atoms with E-state index in [4.69, 9.17) is 4.43 Å². The zero-order chi connectivity index (χ0) is 14.2. The minimum atomic E-state index is -1.62. The van der Waals surface area contributed by atoms with Gasteiger partial charge < -0.3 is 4.43 Å². The van der Waals surface area contributed by atoms with Crippen molar-refractivity contribution < 1.29 is 4.43 Å². The van der Waals surface area contributed by atoms with E-state index in [9.17, 15) is 0 Å². The van der Waals surface area contributed by atoms with Gasteiger partial charge in [-0.1, -0.05) is 34.6 Å². The Labute approximate surface area is 116 Å². The molecular formula is C16H33OSi. The lowest BCUT2D eigenvalue weighted by Crippen LogP contribution is -2.50. The van der Waals surface area contributed by atoms with Crippen LogP contribution in [0.5, 0.6) is 0 Å². The van der Waals surface area contributed by atoms with Crippen LogP contribution in [0.4, 0.5) is 0 Å². The van der Waals surface area contributed by atoms with Gasteiger partial charge in [-0.05, 0) is 62.6 Å². The first-order valence-electron chi connectivity index (χ1n) is 7.47. The molecule has 0 heterocycles. The van der Waals surface area contributed by atoms with Crippen LogP contribution in [0, 0.1) is 11.8 Å². The van der Waals surface area contributed by atoms with Gasteiger partial charge in [0.1, 0.15) is 0 Å². The quantitative estimate of drug-likeness (QED) is 0.608. The van der Waals surface area contributed by atoms with Gasteiger partial charge in [-0.25, -0.2) is 0 Å². The minimum absolute atomic E-state index is 0.134. The summed E-state index contributed by atoms with van der Waals surface area (Å²) in [4.78, 5) is 0. The monoisotopic (exact) mass is 269 g/mol. The second-order valence-electron chi connectivity index (χ2n) is 8.16. The van der Waals surface area contributed by atoms with Gasteiger partial charge in [-0.2, -0.15) is 0 Å². The molecule has 1 saturated carbocycles. The van der Waals surface area contributed by atoms with Crippen LogP contribution >= 0.6 is 0 Å². The van der Waals surface area contributed by atoms with Crippen molar-refractivity contribution in [1.82, 2.24) is 0 Å². The van der Waals surface area contributed by atoms with Gasteiger partial charge in [0.15, 0.2) is 8.32 Å². The third-order valence-corrected chi connectivity index (χ3v) is 9.78.